The van der Waals surface area contributed by atoms with E-state index in [4.69, 9.17) is 0 Å². The molecule has 0 fully saturated rings. The number of anilines is 3. The lowest BCUT2D eigenvalue weighted by Crippen LogP contribution is -2.10. The van der Waals surface area contributed by atoms with Crippen molar-refractivity contribution in [2.45, 2.75) is 20.8 Å². The molecule has 0 spiro atoms. The molecule has 0 radical (unpaired) electrons. The minimum atomic E-state index is 1.12. The predicted molar refractivity (Wildman–Crippen MR) is 103 cm³/mol. The van der Waals surface area contributed by atoms with Crippen molar-refractivity contribution < 1.29 is 0 Å². The monoisotopic (exact) mass is 365 g/mol. The van der Waals surface area contributed by atoms with Crippen LogP contribution in [0.2, 0.25) is 0 Å². The predicted octanol–water partition coefficient (Wildman–Crippen LogP) is 6.84. The summed E-state index contributed by atoms with van der Waals surface area (Å²) in [5, 5.41) is 0. The Balaban J connectivity index is 2.14. The second-order valence-electron chi connectivity index (χ2n) is 5.94. The first-order valence-electron chi connectivity index (χ1n) is 7.74. The molecule has 3 aromatic carbocycles. The van der Waals surface area contributed by atoms with Crippen LogP contribution in [0.5, 0.6) is 0 Å². The Morgan fingerprint density at radius 2 is 1.04 bits per heavy atom. The molecule has 0 aliphatic rings. The summed E-state index contributed by atoms with van der Waals surface area (Å²) in [4.78, 5) is 2.28. The summed E-state index contributed by atoms with van der Waals surface area (Å²) in [6.45, 7) is 6.33. The van der Waals surface area contributed by atoms with Crippen molar-refractivity contribution in [1.29, 1.82) is 0 Å². The van der Waals surface area contributed by atoms with Crippen molar-refractivity contribution in [3.63, 3.8) is 0 Å². The van der Waals surface area contributed by atoms with Crippen molar-refractivity contribution in [2.75, 3.05) is 4.90 Å². The number of aryl methyl sites for hydroxylation is 3. The van der Waals surface area contributed by atoms with Crippen LogP contribution in [-0.2, 0) is 0 Å². The quantitative estimate of drug-likeness (QED) is 0.490. The lowest BCUT2D eigenvalue weighted by molar-refractivity contribution is 1.26. The van der Waals surface area contributed by atoms with Gasteiger partial charge >= 0.3 is 0 Å². The van der Waals surface area contributed by atoms with Crippen LogP contribution in [0.4, 0.5) is 17.1 Å². The highest BCUT2D eigenvalue weighted by Crippen LogP contribution is 2.36. The molecule has 0 aliphatic heterocycles. The fourth-order valence-electron chi connectivity index (χ4n) is 2.56. The van der Waals surface area contributed by atoms with Gasteiger partial charge in [0, 0.05) is 21.5 Å². The Morgan fingerprint density at radius 3 is 1.48 bits per heavy atom. The summed E-state index contributed by atoms with van der Waals surface area (Å²) in [5.41, 5.74) is 7.24. The maximum absolute atomic E-state index is 3.66. The van der Waals surface area contributed by atoms with Crippen LogP contribution in [0.15, 0.2) is 71.2 Å². The van der Waals surface area contributed by atoms with Crippen LogP contribution >= 0.6 is 15.9 Å². The Kier molecular flexibility index (Phi) is 4.53. The molecule has 0 atom stereocenters. The van der Waals surface area contributed by atoms with Crippen molar-refractivity contribution in [3.05, 3.63) is 87.9 Å². The smallest absolute Gasteiger partial charge is 0.0473 e. The molecule has 3 aromatic rings. The number of hydrogen-bond acceptors (Lipinski definition) is 1. The highest BCUT2D eigenvalue weighted by atomic mass is 79.9. The van der Waals surface area contributed by atoms with Crippen LogP contribution in [0.1, 0.15) is 16.7 Å². The van der Waals surface area contributed by atoms with E-state index in [9.17, 15) is 0 Å². The number of halogens is 1. The maximum Gasteiger partial charge on any atom is 0.0473 e. The molecule has 0 aliphatic carbocycles. The van der Waals surface area contributed by atoms with E-state index in [1.807, 2.05) is 0 Å². The van der Waals surface area contributed by atoms with Crippen LogP contribution in [0, 0.1) is 20.8 Å². The van der Waals surface area contributed by atoms with E-state index >= 15 is 0 Å². The van der Waals surface area contributed by atoms with Gasteiger partial charge in [-0.25, -0.2) is 0 Å². The first-order valence-corrected chi connectivity index (χ1v) is 8.53. The summed E-state index contributed by atoms with van der Waals surface area (Å²) >= 11 is 3.66. The lowest BCUT2D eigenvalue weighted by atomic mass is 10.1. The van der Waals surface area contributed by atoms with Crippen LogP contribution < -0.4 is 4.90 Å². The van der Waals surface area contributed by atoms with E-state index in [0.29, 0.717) is 0 Å². The number of benzene rings is 3. The molecule has 116 valence electrons. The molecular formula is C21H20BrN. The van der Waals surface area contributed by atoms with Gasteiger partial charge in [0.25, 0.3) is 0 Å². The number of hydrogen-bond donors (Lipinski definition) is 0. The Bertz CT molecular complexity index is 759. The number of rotatable bonds is 3. The molecule has 0 bridgehead atoms. The standard InChI is InChI=1S/C21H20BrN/c1-15-4-9-18(10-5-15)23(19-11-6-16(2)7-12-19)20-13-8-17(3)21(22)14-20/h4-14H,1-3H3. The Hall–Kier alpha value is -2.06. The van der Waals surface area contributed by atoms with Crippen LogP contribution in [0.25, 0.3) is 0 Å². The summed E-state index contributed by atoms with van der Waals surface area (Å²) in [5.74, 6) is 0. The zero-order chi connectivity index (χ0) is 16.4. The van der Waals surface area contributed by atoms with E-state index in [1.54, 1.807) is 0 Å². The van der Waals surface area contributed by atoms with Crippen molar-refractivity contribution in [3.8, 4) is 0 Å². The third-order valence-electron chi connectivity index (χ3n) is 4.00. The summed E-state index contributed by atoms with van der Waals surface area (Å²) in [6.07, 6.45) is 0. The molecule has 1 nitrogen and oxygen atoms in total. The maximum atomic E-state index is 3.66. The molecule has 0 saturated heterocycles. The first-order chi connectivity index (χ1) is 11.0. The Labute approximate surface area is 146 Å². The highest BCUT2D eigenvalue weighted by Gasteiger charge is 2.13. The molecule has 0 N–H and O–H groups in total. The van der Waals surface area contributed by atoms with Crippen molar-refractivity contribution in [1.82, 2.24) is 0 Å². The molecule has 0 amide bonds. The third kappa shape index (κ3) is 3.48. The first kappa shape index (κ1) is 15.8. The van der Waals surface area contributed by atoms with Gasteiger partial charge in [0.2, 0.25) is 0 Å². The third-order valence-corrected chi connectivity index (χ3v) is 4.85. The lowest BCUT2D eigenvalue weighted by Gasteiger charge is -2.26. The zero-order valence-corrected chi connectivity index (χ0v) is 15.3. The van der Waals surface area contributed by atoms with Gasteiger partial charge in [0.05, 0.1) is 0 Å². The molecule has 0 saturated carbocycles. The largest absolute Gasteiger partial charge is 0.310 e. The number of nitrogens with zero attached hydrogens (tertiary/aromatic N) is 1. The molecular weight excluding hydrogens is 346 g/mol. The van der Waals surface area contributed by atoms with Crippen molar-refractivity contribution in [2.24, 2.45) is 0 Å². The average Bonchev–Trinajstić information content (AvgIpc) is 2.55. The molecule has 2 heteroatoms. The van der Waals surface area contributed by atoms with Crippen LogP contribution in [-0.4, -0.2) is 0 Å². The van der Waals surface area contributed by atoms with Gasteiger partial charge in [-0.2, -0.15) is 0 Å². The molecule has 0 unspecified atom stereocenters. The van der Waals surface area contributed by atoms with E-state index in [1.165, 1.54) is 16.7 Å². The van der Waals surface area contributed by atoms with Crippen molar-refractivity contribution >= 4 is 33.0 Å². The highest BCUT2D eigenvalue weighted by molar-refractivity contribution is 9.10. The average molecular weight is 366 g/mol. The summed E-state index contributed by atoms with van der Waals surface area (Å²) < 4.78 is 1.12. The van der Waals surface area contributed by atoms with Gasteiger partial charge in [-0.05, 0) is 62.7 Å². The fourth-order valence-corrected chi connectivity index (χ4v) is 2.92. The minimum Gasteiger partial charge on any atom is -0.310 e. The van der Waals surface area contributed by atoms with Gasteiger partial charge in [0.15, 0.2) is 0 Å². The van der Waals surface area contributed by atoms with E-state index in [0.717, 1.165) is 21.5 Å². The molecule has 3 rings (SSSR count). The van der Waals surface area contributed by atoms with E-state index < -0.39 is 0 Å². The minimum absolute atomic E-state index is 1.12. The van der Waals surface area contributed by atoms with Gasteiger partial charge in [-0.15, -0.1) is 0 Å². The van der Waals surface area contributed by atoms with Gasteiger partial charge in [-0.1, -0.05) is 57.4 Å². The zero-order valence-electron chi connectivity index (χ0n) is 13.7. The van der Waals surface area contributed by atoms with Gasteiger partial charge in [0.1, 0.15) is 0 Å². The van der Waals surface area contributed by atoms with E-state index in [2.05, 4.69) is 108 Å². The molecule has 23 heavy (non-hydrogen) atoms. The normalized spacial score (nSPS) is 10.6. The second-order valence-corrected chi connectivity index (χ2v) is 6.79. The fraction of sp³-hybridized carbons (Fsp3) is 0.143. The summed E-state index contributed by atoms with van der Waals surface area (Å²) in [7, 11) is 0. The van der Waals surface area contributed by atoms with Gasteiger partial charge in [-0.3, -0.25) is 0 Å². The summed E-state index contributed by atoms with van der Waals surface area (Å²) in [6, 6.07) is 23.8. The van der Waals surface area contributed by atoms with Gasteiger partial charge < -0.3 is 4.90 Å². The SMILES string of the molecule is Cc1ccc(N(c2ccc(C)cc2)c2ccc(C)c(Br)c2)cc1. The Morgan fingerprint density at radius 1 is 0.609 bits per heavy atom. The topological polar surface area (TPSA) is 3.24 Å². The molecule has 0 aromatic heterocycles. The van der Waals surface area contributed by atoms with E-state index in [-0.39, 0.29) is 0 Å². The van der Waals surface area contributed by atoms with Crippen LogP contribution in [0.3, 0.4) is 0 Å². The second kappa shape index (κ2) is 6.59. The molecule has 0 heterocycles.